The third-order valence-corrected chi connectivity index (χ3v) is 1.80. The Morgan fingerprint density at radius 2 is 2.07 bits per heavy atom. The van der Waals surface area contributed by atoms with Crippen LogP contribution in [0, 0.1) is 17.1 Å². The molecule has 0 radical (unpaired) electrons. The van der Waals surface area contributed by atoms with Crippen molar-refractivity contribution in [3.8, 4) is 17.5 Å². The molecule has 0 atom stereocenters. The molecule has 0 saturated carbocycles. The molecular weight excluding hydrogens is 197 g/mol. The van der Waals surface area contributed by atoms with Gasteiger partial charge in [0.25, 0.3) is 5.89 Å². The highest BCUT2D eigenvalue weighted by Crippen LogP contribution is 2.17. The van der Waals surface area contributed by atoms with Crippen molar-refractivity contribution in [2.24, 2.45) is 0 Å². The van der Waals surface area contributed by atoms with Gasteiger partial charge in [0.2, 0.25) is 0 Å². The molecule has 0 amide bonds. The summed E-state index contributed by atoms with van der Waals surface area (Å²) in [6.07, 6.45) is 0.102. The van der Waals surface area contributed by atoms with E-state index in [2.05, 4.69) is 10.1 Å². The van der Waals surface area contributed by atoms with Gasteiger partial charge in [0.15, 0.2) is 5.82 Å². The maximum absolute atomic E-state index is 12.6. The van der Waals surface area contributed by atoms with Crippen LogP contribution in [0.1, 0.15) is 5.82 Å². The van der Waals surface area contributed by atoms with E-state index in [1.807, 2.05) is 6.07 Å². The Balaban J connectivity index is 2.30. The molecule has 0 bridgehead atoms. The number of rotatable bonds is 2. The van der Waals surface area contributed by atoms with Crippen molar-refractivity contribution in [2.75, 3.05) is 0 Å². The topological polar surface area (TPSA) is 62.7 Å². The van der Waals surface area contributed by atoms with E-state index in [4.69, 9.17) is 9.78 Å². The van der Waals surface area contributed by atoms with E-state index in [0.717, 1.165) is 0 Å². The van der Waals surface area contributed by atoms with Crippen LogP contribution in [-0.2, 0) is 6.42 Å². The minimum Gasteiger partial charge on any atom is -0.334 e. The molecule has 1 heterocycles. The third kappa shape index (κ3) is 1.99. The lowest BCUT2D eigenvalue weighted by molar-refractivity contribution is 0.424. The first kappa shape index (κ1) is 9.34. The van der Waals surface area contributed by atoms with E-state index < -0.39 is 0 Å². The first-order chi connectivity index (χ1) is 7.29. The molecule has 0 aliphatic heterocycles. The van der Waals surface area contributed by atoms with Gasteiger partial charge < -0.3 is 4.52 Å². The lowest BCUT2D eigenvalue weighted by Crippen LogP contribution is -1.84. The van der Waals surface area contributed by atoms with E-state index in [9.17, 15) is 4.39 Å². The highest BCUT2D eigenvalue weighted by molar-refractivity contribution is 5.52. The highest BCUT2D eigenvalue weighted by Gasteiger charge is 2.07. The minimum atomic E-state index is -0.324. The molecule has 0 fully saturated rings. The number of aromatic nitrogens is 2. The molecule has 0 spiro atoms. The minimum absolute atomic E-state index is 0.102. The van der Waals surface area contributed by atoms with Crippen molar-refractivity contribution in [3.05, 3.63) is 35.9 Å². The van der Waals surface area contributed by atoms with Gasteiger partial charge in [0, 0.05) is 5.56 Å². The van der Waals surface area contributed by atoms with Crippen molar-refractivity contribution in [3.63, 3.8) is 0 Å². The molecular formula is C10H6FN3O. The van der Waals surface area contributed by atoms with Crippen molar-refractivity contribution >= 4 is 0 Å². The zero-order valence-corrected chi connectivity index (χ0v) is 7.64. The van der Waals surface area contributed by atoms with E-state index in [1.54, 1.807) is 12.1 Å². The van der Waals surface area contributed by atoms with Crippen LogP contribution in [-0.4, -0.2) is 10.1 Å². The van der Waals surface area contributed by atoms with Gasteiger partial charge in [-0.1, -0.05) is 5.16 Å². The van der Waals surface area contributed by atoms with E-state index >= 15 is 0 Å². The average Bonchev–Trinajstić information content (AvgIpc) is 2.68. The van der Waals surface area contributed by atoms with Crippen LogP contribution in [0.15, 0.2) is 28.8 Å². The molecule has 0 aliphatic carbocycles. The average molecular weight is 203 g/mol. The van der Waals surface area contributed by atoms with Gasteiger partial charge in [-0.25, -0.2) is 4.39 Å². The number of hydrogen-bond acceptors (Lipinski definition) is 4. The largest absolute Gasteiger partial charge is 0.334 e. The van der Waals surface area contributed by atoms with Gasteiger partial charge in [0.05, 0.1) is 12.5 Å². The molecule has 74 valence electrons. The first-order valence-corrected chi connectivity index (χ1v) is 4.25. The summed E-state index contributed by atoms with van der Waals surface area (Å²) in [5, 5.41) is 12.0. The molecule has 2 rings (SSSR count). The van der Waals surface area contributed by atoms with Crippen LogP contribution >= 0.6 is 0 Å². The van der Waals surface area contributed by atoms with Crippen molar-refractivity contribution < 1.29 is 8.91 Å². The first-order valence-electron chi connectivity index (χ1n) is 4.25. The summed E-state index contributed by atoms with van der Waals surface area (Å²) >= 11 is 0. The van der Waals surface area contributed by atoms with Crippen LogP contribution in [0.25, 0.3) is 11.5 Å². The van der Waals surface area contributed by atoms with Gasteiger partial charge in [-0.05, 0) is 24.3 Å². The molecule has 0 N–H and O–H groups in total. The van der Waals surface area contributed by atoms with Gasteiger partial charge in [-0.3, -0.25) is 0 Å². The summed E-state index contributed by atoms with van der Waals surface area (Å²) in [5.74, 6) is 0.299. The fourth-order valence-electron chi connectivity index (χ4n) is 1.11. The number of hydrogen-bond donors (Lipinski definition) is 0. The number of benzene rings is 1. The van der Waals surface area contributed by atoms with Gasteiger partial charge in [0.1, 0.15) is 5.82 Å². The lowest BCUT2D eigenvalue weighted by atomic mass is 10.2. The van der Waals surface area contributed by atoms with Crippen molar-refractivity contribution in [2.45, 2.75) is 6.42 Å². The molecule has 1 aromatic heterocycles. The summed E-state index contributed by atoms with van der Waals surface area (Å²) in [7, 11) is 0. The van der Waals surface area contributed by atoms with Crippen LogP contribution in [0.5, 0.6) is 0 Å². The van der Waals surface area contributed by atoms with Crippen LogP contribution in [0.4, 0.5) is 4.39 Å². The Hall–Kier alpha value is -2.22. The predicted octanol–water partition coefficient (Wildman–Crippen LogP) is 1.94. The Morgan fingerprint density at radius 3 is 2.73 bits per heavy atom. The number of halogens is 1. The van der Waals surface area contributed by atoms with E-state index in [-0.39, 0.29) is 12.2 Å². The summed E-state index contributed by atoms with van der Waals surface area (Å²) < 4.78 is 17.5. The quantitative estimate of drug-likeness (QED) is 0.748. The maximum Gasteiger partial charge on any atom is 0.257 e. The van der Waals surface area contributed by atoms with E-state index in [0.29, 0.717) is 17.3 Å². The SMILES string of the molecule is N#CCc1noc(-c2ccc(F)cc2)n1. The summed E-state index contributed by atoms with van der Waals surface area (Å²) in [6, 6.07) is 7.61. The molecule has 0 saturated heterocycles. The second kappa shape index (κ2) is 3.88. The second-order valence-electron chi connectivity index (χ2n) is 2.86. The van der Waals surface area contributed by atoms with Crippen molar-refractivity contribution in [1.82, 2.24) is 10.1 Å². The number of nitrogens with zero attached hydrogens (tertiary/aromatic N) is 3. The van der Waals surface area contributed by atoms with Crippen LogP contribution in [0.2, 0.25) is 0 Å². The molecule has 2 aromatic rings. The van der Waals surface area contributed by atoms with Crippen LogP contribution < -0.4 is 0 Å². The lowest BCUT2D eigenvalue weighted by Gasteiger charge is -1.91. The Labute approximate surface area is 85.0 Å². The fraction of sp³-hybridized carbons (Fsp3) is 0.100. The standard InChI is InChI=1S/C10H6FN3O/c11-8-3-1-7(2-4-8)10-13-9(5-6-12)14-15-10/h1-4H,5H2. The molecule has 5 heteroatoms. The smallest absolute Gasteiger partial charge is 0.257 e. The van der Waals surface area contributed by atoms with Crippen molar-refractivity contribution in [1.29, 1.82) is 5.26 Å². The van der Waals surface area contributed by atoms with Gasteiger partial charge >= 0.3 is 0 Å². The normalized spacial score (nSPS) is 9.87. The highest BCUT2D eigenvalue weighted by atomic mass is 19.1. The Bertz CT molecular complexity index is 498. The third-order valence-electron chi connectivity index (χ3n) is 1.80. The zero-order chi connectivity index (χ0) is 10.7. The summed E-state index contributed by atoms with van der Waals surface area (Å²) in [5.41, 5.74) is 0.632. The van der Waals surface area contributed by atoms with E-state index in [1.165, 1.54) is 12.1 Å². The molecule has 0 aliphatic rings. The van der Waals surface area contributed by atoms with Gasteiger partial charge in [-0.2, -0.15) is 10.2 Å². The molecule has 4 nitrogen and oxygen atoms in total. The summed E-state index contributed by atoms with van der Waals surface area (Å²) in [4.78, 5) is 3.98. The molecule has 1 aromatic carbocycles. The Morgan fingerprint density at radius 1 is 1.33 bits per heavy atom. The second-order valence-corrected chi connectivity index (χ2v) is 2.86. The molecule has 15 heavy (non-hydrogen) atoms. The predicted molar refractivity (Wildman–Crippen MR) is 49.0 cm³/mol. The van der Waals surface area contributed by atoms with Crippen LogP contribution in [0.3, 0.4) is 0 Å². The van der Waals surface area contributed by atoms with Gasteiger partial charge in [-0.15, -0.1) is 0 Å². The summed E-state index contributed by atoms with van der Waals surface area (Å²) in [6.45, 7) is 0. The maximum atomic E-state index is 12.6. The Kier molecular flexibility index (Phi) is 2.42. The fourth-order valence-corrected chi connectivity index (χ4v) is 1.11. The zero-order valence-electron chi connectivity index (χ0n) is 7.64. The number of nitriles is 1. The monoisotopic (exact) mass is 203 g/mol. The molecule has 0 unspecified atom stereocenters.